The largest absolute Gasteiger partial charge is 0.377 e. The van der Waals surface area contributed by atoms with E-state index in [4.69, 9.17) is 10.5 Å². The van der Waals surface area contributed by atoms with Gasteiger partial charge < -0.3 is 15.8 Å². The fourth-order valence-electron chi connectivity index (χ4n) is 1.29. The van der Waals surface area contributed by atoms with Crippen LogP contribution in [0.4, 0.5) is 5.95 Å². The summed E-state index contributed by atoms with van der Waals surface area (Å²) in [5, 5.41) is 2.76. The Morgan fingerprint density at radius 1 is 1.53 bits per heavy atom. The van der Waals surface area contributed by atoms with Gasteiger partial charge in [-0.25, -0.2) is 9.97 Å². The second-order valence-electron chi connectivity index (χ2n) is 4.13. The van der Waals surface area contributed by atoms with Crippen LogP contribution in [-0.2, 0) is 9.53 Å². The van der Waals surface area contributed by atoms with Crippen LogP contribution >= 0.6 is 0 Å². The SMILES string of the molecule is CCCOC(C)CNC(=O)/C=C/c1cnc(N)nc1. The quantitative estimate of drug-likeness (QED) is 0.717. The summed E-state index contributed by atoms with van der Waals surface area (Å²) in [7, 11) is 0. The average Bonchev–Trinajstić information content (AvgIpc) is 2.42. The molecular weight excluding hydrogens is 244 g/mol. The van der Waals surface area contributed by atoms with E-state index in [-0.39, 0.29) is 18.0 Å². The zero-order valence-electron chi connectivity index (χ0n) is 11.3. The fraction of sp³-hybridized carbons (Fsp3) is 0.462. The normalized spacial score (nSPS) is 12.5. The van der Waals surface area contributed by atoms with Crippen molar-refractivity contribution in [1.29, 1.82) is 0 Å². The summed E-state index contributed by atoms with van der Waals surface area (Å²) in [6.07, 6.45) is 7.15. The van der Waals surface area contributed by atoms with Crippen LogP contribution in [0.1, 0.15) is 25.8 Å². The lowest BCUT2D eigenvalue weighted by Crippen LogP contribution is -2.31. The van der Waals surface area contributed by atoms with Gasteiger partial charge in [-0.1, -0.05) is 6.92 Å². The van der Waals surface area contributed by atoms with Crippen molar-refractivity contribution in [1.82, 2.24) is 15.3 Å². The summed E-state index contributed by atoms with van der Waals surface area (Å²) in [5.41, 5.74) is 6.09. The third-order valence-corrected chi connectivity index (χ3v) is 2.29. The molecule has 0 saturated carbocycles. The highest BCUT2D eigenvalue weighted by molar-refractivity contribution is 5.91. The molecule has 0 spiro atoms. The van der Waals surface area contributed by atoms with Gasteiger partial charge in [-0.2, -0.15) is 0 Å². The highest BCUT2D eigenvalue weighted by atomic mass is 16.5. The minimum Gasteiger partial charge on any atom is -0.377 e. The Morgan fingerprint density at radius 3 is 2.84 bits per heavy atom. The van der Waals surface area contributed by atoms with Gasteiger partial charge in [0.25, 0.3) is 0 Å². The smallest absolute Gasteiger partial charge is 0.244 e. The Labute approximate surface area is 113 Å². The van der Waals surface area contributed by atoms with Gasteiger partial charge in [-0.05, 0) is 19.4 Å². The van der Waals surface area contributed by atoms with Gasteiger partial charge in [-0.3, -0.25) is 4.79 Å². The van der Waals surface area contributed by atoms with Crippen LogP contribution in [0.5, 0.6) is 0 Å². The first-order valence-corrected chi connectivity index (χ1v) is 6.27. The molecule has 3 N–H and O–H groups in total. The molecule has 0 bridgehead atoms. The molecule has 0 aromatic carbocycles. The number of hydrogen-bond donors (Lipinski definition) is 2. The van der Waals surface area contributed by atoms with Gasteiger partial charge in [0.2, 0.25) is 11.9 Å². The van der Waals surface area contributed by atoms with E-state index < -0.39 is 0 Å². The Bertz CT molecular complexity index is 417. The van der Waals surface area contributed by atoms with Crippen LogP contribution in [0.3, 0.4) is 0 Å². The number of aromatic nitrogens is 2. The first kappa shape index (κ1) is 15.1. The molecule has 1 rings (SSSR count). The molecule has 1 aromatic rings. The average molecular weight is 264 g/mol. The lowest BCUT2D eigenvalue weighted by molar-refractivity contribution is -0.117. The number of rotatable bonds is 7. The van der Waals surface area contributed by atoms with Crippen molar-refractivity contribution in [2.24, 2.45) is 0 Å². The fourth-order valence-corrected chi connectivity index (χ4v) is 1.29. The van der Waals surface area contributed by atoms with Crippen molar-refractivity contribution >= 4 is 17.9 Å². The number of nitrogens with zero attached hydrogens (tertiary/aromatic N) is 2. The van der Waals surface area contributed by atoms with Crippen LogP contribution in [0.25, 0.3) is 6.08 Å². The molecule has 0 aliphatic rings. The third kappa shape index (κ3) is 6.52. The zero-order chi connectivity index (χ0) is 14.1. The van der Waals surface area contributed by atoms with E-state index in [9.17, 15) is 4.79 Å². The van der Waals surface area contributed by atoms with Crippen LogP contribution in [0.15, 0.2) is 18.5 Å². The highest BCUT2D eigenvalue weighted by Crippen LogP contribution is 1.99. The molecule has 1 aromatic heterocycles. The van der Waals surface area contributed by atoms with Gasteiger partial charge in [0.15, 0.2) is 0 Å². The van der Waals surface area contributed by atoms with E-state index in [1.54, 1.807) is 18.5 Å². The lowest BCUT2D eigenvalue weighted by atomic mass is 10.3. The maximum absolute atomic E-state index is 11.5. The summed E-state index contributed by atoms with van der Waals surface area (Å²) in [6, 6.07) is 0. The second kappa shape index (κ2) is 8.20. The molecule has 0 radical (unpaired) electrons. The summed E-state index contributed by atoms with van der Waals surface area (Å²) in [5.74, 6) is 0.0345. The predicted octanol–water partition coefficient (Wildman–Crippen LogP) is 1.00. The zero-order valence-corrected chi connectivity index (χ0v) is 11.3. The highest BCUT2D eigenvalue weighted by Gasteiger charge is 2.02. The number of carbonyl (C=O) groups excluding carboxylic acids is 1. The summed E-state index contributed by atoms with van der Waals surface area (Å²) in [4.78, 5) is 19.2. The van der Waals surface area contributed by atoms with E-state index in [2.05, 4.69) is 15.3 Å². The van der Waals surface area contributed by atoms with E-state index >= 15 is 0 Å². The molecular formula is C13H20N4O2. The van der Waals surface area contributed by atoms with E-state index in [0.717, 1.165) is 12.0 Å². The maximum atomic E-state index is 11.5. The Kier molecular flexibility index (Phi) is 6.52. The Balaban J connectivity index is 2.32. The number of nitrogen functional groups attached to an aromatic ring is 1. The lowest BCUT2D eigenvalue weighted by Gasteiger charge is -2.12. The standard InChI is InChI=1S/C13H20N4O2/c1-3-6-19-10(2)7-15-12(18)5-4-11-8-16-13(14)17-9-11/h4-5,8-10H,3,6-7H2,1-2H3,(H,15,18)(H2,14,16,17)/b5-4+. The molecule has 0 fully saturated rings. The molecule has 0 aliphatic carbocycles. The van der Waals surface area contributed by atoms with Crippen molar-refractivity contribution in [2.45, 2.75) is 26.4 Å². The number of hydrogen-bond acceptors (Lipinski definition) is 5. The molecule has 0 aliphatic heterocycles. The minimum atomic E-state index is -0.177. The van der Waals surface area contributed by atoms with E-state index in [1.807, 2.05) is 13.8 Å². The molecule has 104 valence electrons. The van der Waals surface area contributed by atoms with Crippen molar-refractivity contribution in [2.75, 3.05) is 18.9 Å². The van der Waals surface area contributed by atoms with Crippen molar-refractivity contribution < 1.29 is 9.53 Å². The topological polar surface area (TPSA) is 90.1 Å². The first-order chi connectivity index (χ1) is 9.11. The van der Waals surface area contributed by atoms with Crippen molar-refractivity contribution in [3.8, 4) is 0 Å². The number of carbonyl (C=O) groups is 1. The Morgan fingerprint density at radius 2 is 2.21 bits per heavy atom. The summed E-state index contributed by atoms with van der Waals surface area (Å²) < 4.78 is 5.44. The molecule has 1 atom stereocenters. The number of ether oxygens (including phenoxy) is 1. The molecule has 1 amide bonds. The maximum Gasteiger partial charge on any atom is 0.244 e. The van der Waals surface area contributed by atoms with Crippen LogP contribution in [-0.4, -0.2) is 35.1 Å². The van der Waals surface area contributed by atoms with Crippen molar-refractivity contribution in [3.63, 3.8) is 0 Å². The Hall–Kier alpha value is -1.95. The van der Waals surface area contributed by atoms with Crippen LogP contribution in [0.2, 0.25) is 0 Å². The van der Waals surface area contributed by atoms with Crippen LogP contribution in [0, 0.1) is 0 Å². The molecule has 6 heteroatoms. The summed E-state index contributed by atoms with van der Waals surface area (Å²) >= 11 is 0. The van der Waals surface area contributed by atoms with Gasteiger partial charge in [-0.15, -0.1) is 0 Å². The predicted molar refractivity (Wildman–Crippen MR) is 74.2 cm³/mol. The van der Waals surface area contributed by atoms with E-state index in [1.165, 1.54) is 6.08 Å². The second-order valence-corrected chi connectivity index (χ2v) is 4.13. The monoisotopic (exact) mass is 264 g/mol. The first-order valence-electron chi connectivity index (χ1n) is 6.27. The van der Waals surface area contributed by atoms with Gasteiger partial charge in [0, 0.05) is 37.2 Å². The van der Waals surface area contributed by atoms with Gasteiger partial charge >= 0.3 is 0 Å². The number of amides is 1. The number of nitrogens with one attached hydrogen (secondary N) is 1. The molecule has 0 saturated heterocycles. The van der Waals surface area contributed by atoms with Gasteiger partial charge in [0.1, 0.15) is 0 Å². The van der Waals surface area contributed by atoms with Crippen molar-refractivity contribution in [3.05, 3.63) is 24.0 Å². The summed E-state index contributed by atoms with van der Waals surface area (Å²) in [6.45, 7) is 5.16. The third-order valence-electron chi connectivity index (χ3n) is 2.29. The number of nitrogens with two attached hydrogens (primary N) is 1. The number of anilines is 1. The van der Waals surface area contributed by atoms with Gasteiger partial charge in [0.05, 0.1) is 6.10 Å². The molecule has 6 nitrogen and oxygen atoms in total. The molecule has 1 heterocycles. The molecule has 1 unspecified atom stereocenters. The minimum absolute atomic E-state index is 0.0113. The molecule has 19 heavy (non-hydrogen) atoms. The van der Waals surface area contributed by atoms with E-state index in [0.29, 0.717) is 13.2 Å². The van der Waals surface area contributed by atoms with Crippen LogP contribution < -0.4 is 11.1 Å².